The molecule has 0 aromatic heterocycles. The van der Waals surface area contributed by atoms with Crippen molar-refractivity contribution in [2.24, 2.45) is 5.14 Å². The molecule has 2 aliphatic rings. The number of nitrogen functional groups attached to an aromatic ring is 1. The third-order valence-electron chi connectivity index (χ3n) is 4.36. The van der Waals surface area contributed by atoms with Gasteiger partial charge in [-0.2, -0.15) is 8.42 Å². The van der Waals surface area contributed by atoms with Crippen LogP contribution in [0.15, 0.2) is 24.3 Å². The number of anilines is 1. The van der Waals surface area contributed by atoms with E-state index >= 15 is 0 Å². The number of para-hydroxylation sites is 1. The number of ether oxygens (including phenoxy) is 2. The fraction of sp³-hybridized carbons (Fsp3) is 0.600. The van der Waals surface area contributed by atoms with Crippen LogP contribution in [0.2, 0.25) is 0 Å². The summed E-state index contributed by atoms with van der Waals surface area (Å²) in [5.74, 6) is -0.683. The summed E-state index contributed by atoms with van der Waals surface area (Å²) in [7, 11) is -4.04. The summed E-state index contributed by atoms with van der Waals surface area (Å²) in [5.41, 5.74) is 7.40. The van der Waals surface area contributed by atoms with Crippen molar-refractivity contribution in [3.63, 3.8) is 0 Å². The van der Waals surface area contributed by atoms with Gasteiger partial charge in [0.25, 0.3) is 0 Å². The SMILES string of the molecule is Nc1ccccc1C1OC2(CCCCC2)OC1COS(N)(=O)=O. The molecule has 1 saturated carbocycles. The van der Waals surface area contributed by atoms with E-state index in [2.05, 4.69) is 0 Å². The lowest BCUT2D eigenvalue weighted by molar-refractivity contribution is -0.196. The van der Waals surface area contributed by atoms with Crippen LogP contribution in [0.4, 0.5) is 5.69 Å². The Labute approximate surface area is 136 Å². The number of nitrogens with two attached hydrogens (primary N) is 2. The van der Waals surface area contributed by atoms with Crippen LogP contribution < -0.4 is 10.9 Å². The Morgan fingerprint density at radius 3 is 2.52 bits per heavy atom. The molecule has 1 saturated heterocycles. The van der Waals surface area contributed by atoms with Gasteiger partial charge in [-0.1, -0.05) is 24.6 Å². The number of hydrogen-bond donors (Lipinski definition) is 2. The van der Waals surface area contributed by atoms with E-state index < -0.39 is 28.3 Å². The monoisotopic (exact) mass is 342 g/mol. The molecule has 1 aromatic carbocycles. The fourth-order valence-corrected chi connectivity index (χ4v) is 3.64. The van der Waals surface area contributed by atoms with Crippen molar-refractivity contribution in [3.8, 4) is 0 Å². The van der Waals surface area contributed by atoms with E-state index in [4.69, 9.17) is 24.5 Å². The quantitative estimate of drug-likeness (QED) is 0.804. The van der Waals surface area contributed by atoms with Crippen LogP contribution >= 0.6 is 0 Å². The molecule has 1 heterocycles. The smallest absolute Gasteiger partial charge is 0.333 e. The summed E-state index contributed by atoms with van der Waals surface area (Å²) < 4.78 is 39.2. The van der Waals surface area contributed by atoms with E-state index in [1.165, 1.54) is 0 Å². The molecule has 0 radical (unpaired) electrons. The van der Waals surface area contributed by atoms with Gasteiger partial charge in [0.15, 0.2) is 5.79 Å². The second-order valence-electron chi connectivity index (χ2n) is 6.07. The number of benzene rings is 1. The van der Waals surface area contributed by atoms with Crippen LogP contribution in [0.1, 0.15) is 43.8 Å². The first kappa shape index (κ1) is 16.7. The van der Waals surface area contributed by atoms with Crippen LogP contribution in [0, 0.1) is 0 Å². The number of rotatable bonds is 4. The molecule has 3 rings (SSSR count). The van der Waals surface area contributed by atoms with Crippen LogP contribution in [0.3, 0.4) is 0 Å². The average molecular weight is 342 g/mol. The Hall–Kier alpha value is -1.19. The predicted molar refractivity (Wildman–Crippen MR) is 84.4 cm³/mol. The van der Waals surface area contributed by atoms with E-state index in [1.54, 1.807) is 6.07 Å². The topological polar surface area (TPSA) is 114 Å². The molecule has 1 aliphatic carbocycles. The Balaban J connectivity index is 1.85. The zero-order valence-corrected chi connectivity index (χ0v) is 13.6. The maximum absolute atomic E-state index is 11.1. The summed E-state index contributed by atoms with van der Waals surface area (Å²) in [6, 6.07) is 7.33. The van der Waals surface area contributed by atoms with Crippen molar-refractivity contribution in [3.05, 3.63) is 29.8 Å². The molecule has 1 spiro atoms. The molecule has 4 N–H and O–H groups in total. The minimum absolute atomic E-state index is 0.195. The second kappa shape index (κ2) is 6.37. The van der Waals surface area contributed by atoms with Gasteiger partial charge in [0, 0.05) is 24.1 Å². The highest BCUT2D eigenvalue weighted by Gasteiger charge is 2.49. The minimum atomic E-state index is -4.04. The highest BCUT2D eigenvalue weighted by atomic mass is 32.2. The standard InChI is InChI=1S/C15H22N2O5S/c16-12-7-3-2-6-11(12)14-13(10-20-23(17,18)19)21-15(22-14)8-4-1-5-9-15/h2-3,6-7,13-14H,1,4-5,8-10,16H2,(H2,17,18,19). The largest absolute Gasteiger partial charge is 0.398 e. The molecule has 1 aliphatic heterocycles. The summed E-state index contributed by atoms with van der Waals surface area (Å²) in [4.78, 5) is 0. The maximum atomic E-state index is 11.1. The van der Waals surface area contributed by atoms with Crippen molar-refractivity contribution < 1.29 is 22.1 Å². The van der Waals surface area contributed by atoms with Crippen molar-refractivity contribution >= 4 is 16.0 Å². The molecule has 0 amide bonds. The highest BCUT2D eigenvalue weighted by Crippen LogP contribution is 2.47. The van der Waals surface area contributed by atoms with Gasteiger partial charge in [-0.3, -0.25) is 4.18 Å². The van der Waals surface area contributed by atoms with E-state index in [0.29, 0.717) is 5.69 Å². The Morgan fingerprint density at radius 1 is 1.17 bits per heavy atom. The maximum Gasteiger partial charge on any atom is 0.333 e. The number of hydrogen-bond acceptors (Lipinski definition) is 6. The Kier molecular flexibility index (Phi) is 4.61. The van der Waals surface area contributed by atoms with E-state index in [-0.39, 0.29) is 6.61 Å². The van der Waals surface area contributed by atoms with Gasteiger partial charge in [-0.05, 0) is 18.9 Å². The molecule has 0 bridgehead atoms. The van der Waals surface area contributed by atoms with E-state index in [9.17, 15) is 8.42 Å². The van der Waals surface area contributed by atoms with Gasteiger partial charge in [0.1, 0.15) is 12.2 Å². The third-order valence-corrected chi connectivity index (χ3v) is 4.82. The van der Waals surface area contributed by atoms with Crippen LogP contribution in [0.5, 0.6) is 0 Å². The molecule has 2 unspecified atom stereocenters. The Bertz CT molecular complexity index is 658. The van der Waals surface area contributed by atoms with Gasteiger partial charge in [0.05, 0.1) is 6.61 Å². The van der Waals surface area contributed by atoms with Gasteiger partial charge in [-0.25, -0.2) is 5.14 Å². The molecular weight excluding hydrogens is 320 g/mol. The average Bonchev–Trinajstić information content (AvgIpc) is 2.84. The molecule has 128 valence electrons. The molecule has 1 aromatic rings. The minimum Gasteiger partial charge on any atom is -0.398 e. The van der Waals surface area contributed by atoms with Gasteiger partial charge in [0.2, 0.25) is 0 Å². The van der Waals surface area contributed by atoms with Crippen molar-refractivity contribution in [1.82, 2.24) is 0 Å². The second-order valence-corrected chi connectivity index (χ2v) is 7.29. The lowest BCUT2D eigenvalue weighted by Crippen LogP contribution is -2.34. The van der Waals surface area contributed by atoms with Crippen molar-refractivity contribution in [2.75, 3.05) is 12.3 Å². The molecule has 2 atom stereocenters. The third kappa shape index (κ3) is 3.84. The summed E-state index contributed by atoms with van der Waals surface area (Å²) in [6.07, 6.45) is 3.68. The molecule has 7 nitrogen and oxygen atoms in total. The first-order valence-electron chi connectivity index (χ1n) is 7.76. The van der Waals surface area contributed by atoms with Gasteiger partial charge in [-0.15, -0.1) is 0 Å². The van der Waals surface area contributed by atoms with E-state index in [1.807, 2.05) is 18.2 Å². The highest BCUT2D eigenvalue weighted by molar-refractivity contribution is 7.84. The normalized spacial score (nSPS) is 27.3. The molecular formula is C15H22N2O5S. The lowest BCUT2D eigenvalue weighted by Gasteiger charge is -2.32. The van der Waals surface area contributed by atoms with Crippen LogP contribution in [-0.2, 0) is 24.0 Å². The molecule has 8 heteroatoms. The fourth-order valence-electron chi connectivity index (χ4n) is 3.32. The lowest BCUT2D eigenvalue weighted by atomic mass is 9.94. The summed E-state index contributed by atoms with van der Waals surface area (Å²) in [5, 5.41) is 4.93. The first-order chi connectivity index (χ1) is 10.9. The first-order valence-corrected chi connectivity index (χ1v) is 9.23. The van der Waals surface area contributed by atoms with Crippen LogP contribution in [0.25, 0.3) is 0 Å². The molecule has 23 heavy (non-hydrogen) atoms. The Morgan fingerprint density at radius 2 is 1.87 bits per heavy atom. The van der Waals surface area contributed by atoms with Gasteiger partial charge >= 0.3 is 10.3 Å². The van der Waals surface area contributed by atoms with Crippen molar-refractivity contribution in [2.45, 2.75) is 50.1 Å². The van der Waals surface area contributed by atoms with Crippen molar-refractivity contribution in [1.29, 1.82) is 0 Å². The van der Waals surface area contributed by atoms with Crippen LogP contribution in [-0.4, -0.2) is 26.9 Å². The van der Waals surface area contributed by atoms with E-state index in [0.717, 1.165) is 37.7 Å². The van der Waals surface area contributed by atoms with Gasteiger partial charge < -0.3 is 15.2 Å². The summed E-state index contributed by atoms with van der Waals surface area (Å²) >= 11 is 0. The zero-order valence-electron chi connectivity index (χ0n) is 12.8. The zero-order chi connectivity index (χ0) is 16.5. The molecule has 2 fully saturated rings. The summed E-state index contributed by atoms with van der Waals surface area (Å²) in [6.45, 7) is -0.195. The predicted octanol–water partition coefficient (Wildman–Crippen LogP) is 1.61.